The molecule has 1 heterocycles. The number of anilines is 1. The Hall–Kier alpha value is -2.54. The van der Waals surface area contributed by atoms with Gasteiger partial charge in [0.05, 0.1) is 29.2 Å². The summed E-state index contributed by atoms with van der Waals surface area (Å²) in [6.07, 6.45) is -4.67. The Balaban J connectivity index is 2.43. The van der Waals surface area contributed by atoms with Crippen LogP contribution in [0.2, 0.25) is 0 Å². The second-order valence-electron chi connectivity index (χ2n) is 4.37. The summed E-state index contributed by atoms with van der Waals surface area (Å²) < 4.78 is 38.5. The molecule has 0 N–H and O–H groups in total. The van der Waals surface area contributed by atoms with Crippen LogP contribution in [0.5, 0.6) is 0 Å². The van der Waals surface area contributed by atoms with E-state index < -0.39 is 29.1 Å². The molecule has 1 fully saturated rings. The van der Waals surface area contributed by atoms with Crippen molar-refractivity contribution in [3.63, 3.8) is 0 Å². The van der Waals surface area contributed by atoms with Gasteiger partial charge < -0.3 is 4.90 Å². The highest BCUT2D eigenvalue weighted by Gasteiger charge is 2.36. The molecule has 7 heteroatoms. The van der Waals surface area contributed by atoms with Gasteiger partial charge in [-0.3, -0.25) is 4.79 Å². The van der Waals surface area contributed by atoms with Crippen molar-refractivity contribution < 1.29 is 18.0 Å². The topological polar surface area (TPSA) is 67.9 Å². The van der Waals surface area contributed by atoms with Crippen molar-refractivity contribution in [2.24, 2.45) is 5.92 Å². The maximum atomic E-state index is 12.8. The molecule has 2 rings (SSSR count). The monoisotopic (exact) mass is 279 g/mol. The van der Waals surface area contributed by atoms with E-state index in [0.29, 0.717) is 0 Å². The van der Waals surface area contributed by atoms with Gasteiger partial charge in [0.25, 0.3) is 0 Å². The molecular weight excluding hydrogens is 271 g/mol. The number of hydrogen-bond acceptors (Lipinski definition) is 3. The van der Waals surface area contributed by atoms with Gasteiger partial charge in [0.15, 0.2) is 0 Å². The van der Waals surface area contributed by atoms with E-state index in [1.165, 1.54) is 12.1 Å². The second kappa shape index (κ2) is 4.86. The quantitative estimate of drug-likeness (QED) is 0.793. The van der Waals surface area contributed by atoms with Crippen LogP contribution in [0.4, 0.5) is 18.9 Å². The third kappa shape index (κ3) is 2.43. The van der Waals surface area contributed by atoms with Gasteiger partial charge in [-0.15, -0.1) is 0 Å². The van der Waals surface area contributed by atoms with Gasteiger partial charge in [0.1, 0.15) is 0 Å². The fraction of sp³-hybridized carbons (Fsp3) is 0.308. The molecule has 20 heavy (non-hydrogen) atoms. The van der Waals surface area contributed by atoms with Crippen LogP contribution in [0.15, 0.2) is 18.2 Å². The van der Waals surface area contributed by atoms with E-state index in [0.717, 1.165) is 17.0 Å². The van der Waals surface area contributed by atoms with Crippen molar-refractivity contribution >= 4 is 11.6 Å². The van der Waals surface area contributed by atoms with Gasteiger partial charge in [-0.2, -0.15) is 23.7 Å². The van der Waals surface area contributed by atoms with Crippen molar-refractivity contribution in [3.8, 4) is 12.1 Å². The molecule has 4 nitrogen and oxygen atoms in total. The van der Waals surface area contributed by atoms with E-state index >= 15 is 0 Å². The maximum Gasteiger partial charge on any atom is 0.417 e. The van der Waals surface area contributed by atoms with E-state index in [1.807, 2.05) is 6.07 Å². The van der Waals surface area contributed by atoms with Crippen LogP contribution in [-0.2, 0) is 11.0 Å². The highest BCUT2D eigenvalue weighted by Crippen LogP contribution is 2.35. The molecule has 1 unspecified atom stereocenters. The lowest BCUT2D eigenvalue weighted by Gasteiger charge is -2.18. The lowest BCUT2D eigenvalue weighted by Crippen LogP contribution is -2.25. The number of alkyl halides is 3. The number of nitriles is 2. The van der Waals surface area contributed by atoms with Crippen molar-refractivity contribution in [3.05, 3.63) is 29.3 Å². The molecule has 0 bridgehead atoms. The zero-order valence-electron chi connectivity index (χ0n) is 10.1. The van der Waals surface area contributed by atoms with Gasteiger partial charge >= 0.3 is 6.18 Å². The Bertz CT molecular complexity index is 640. The molecule has 0 spiro atoms. The van der Waals surface area contributed by atoms with Crippen LogP contribution < -0.4 is 4.90 Å². The minimum absolute atomic E-state index is 0.00213. The van der Waals surface area contributed by atoms with Crippen LogP contribution >= 0.6 is 0 Å². The molecule has 0 radical (unpaired) electrons. The number of rotatable bonds is 1. The molecule has 1 aliphatic rings. The third-order valence-corrected chi connectivity index (χ3v) is 3.05. The van der Waals surface area contributed by atoms with Crippen LogP contribution in [0, 0.1) is 28.6 Å². The lowest BCUT2D eigenvalue weighted by atomic mass is 10.1. The molecule has 1 amide bonds. The standard InChI is InChI=1S/C13H8F3N3O/c14-13(15,16)11-4-10(2-1-9(11)6-18)19-7-8(5-17)3-12(19)20/h1-2,4,8H,3,7H2. The minimum Gasteiger partial charge on any atom is -0.311 e. The largest absolute Gasteiger partial charge is 0.417 e. The summed E-state index contributed by atoms with van der Waals surface area (Å²) in [5.41, 5.74) is -1.52. The predicted octanol–water partition coefficient (Wildman–Crippen LogP) is 2.45. The Morgan fingerprint density at radius 1 is 1.30 bits per heavy atom. The Labute approximate surface area is 112 Å². The molecular formula is C13H8F3N3O. The highest BCUT2D eigenvalue weighted by atomic mass is 19.4. The first-order chi connectivity index (χ1) is 9.36. The van der Waals surface area contributed by atoms with E-state index in [-0.39, 0.29) is 18.7 Å². The first kappa shape index (κ1) is 13.9. The average molecular weight is 279 g/mol. The number of benzene rings is 1. The molecule has 0 saturated carbocycles. The summed E-state index contributed by atoms with van der Waals surface area (Å²) >= 11 is 0. The van der Waals surface area contributed by atoms with Crippen molar-refractivity contribution in [2.45, 2.75) is 12.6 Å². The fourth-order valence-corrected chi connectivity index (χ4v) is 2.08. The van der Waals surface area contributed by atoms with Crippen LogP contribution in [0.3, 0.4) is 0 Å². The average Bonchev–Trinajstić information content (AvgIpc) is 2.78. The third-order valence-electron chi connectivity index (χ3n) is 3.05. The number of nitrogens with zero attached hydrogens (tertiary/aromatic N) is 3. The summed E-state index contributed by atoms with van der Waals surface area (Å²) in [6.45, 7) is 0.0680. The number of carbonyl (C=O) groups is 1. The van der Waals surface area contributed by atoms with Gasteiger partial charge in [-0.25, -0.2) is 0 Å². The van der Waals surface area contributed by atoms with Crippen LogP contribution in [0.1, 0.15) is 17.5 Å². The van der Waals surface area contributed by atoms with Crippen molar-refractivity contribution in [2.75, 3.05) is 11.4 Å². The number of amides is 1. The smallest absolute Gasteiger partial charge is 0.311 e. The van der Waals surface area contributed by atoms with Crippen molar-refractivity contribution in [1.82, 2.24) is 0 Å². The molecule has 0 aliphatic carbocycles. The van der Waals surface area contributed by atoms with Gasteiger partial charge in [-0.1, -0.05) is 0 Å². The van der Waals surface area contributed by atoms with Crippen LogP contribution in [-0.4, -0.2) is 12.5 Å². The molecule has 1 aliphatic heterocycles. The zero-order valence-corrected chi connectivity index (χ0v) is 10.1. The summed E-state index contributed by atoms with van der Waals surface area (Å²) in [5, 5.41) is 17.5. The summed E-state index contributed by atoms with van der Waals surface area (Å²) in [5.74, 6) is -0.915. The van der Waals surface area contributed by atoms with E-state index in [1.54, 1.807) is 0 Å². The number of carbonyl (C=O) groups excluding carboxylic acids is 1. The summed E-state index contributed by atoms with van der Waals surface area (Å²) in [7, 11) is 0. The molecule has 1 atom stereocenters. The van der Waals surface area contributed by atoms with E-state index in [9.17, 15) is 18.0 Å². The van der Waals surface area contributed by atoms with Crippen LogP contribution in [0.25, 0.3) is 0 Å². The zero-order chi connectivity index (χ0) is 14.9. The Kier molecular flexibility index (Phi) is 3.37. The number of halogens is 3. The first-order valence-corrected chi connectivity index (χ1v) is 5.68. The number of hydrogen-bond donors (Lipinski definition) is 0. The van der Waals surface area contributed by atoms with Gasteiger partial charge in [0.2, 0.25) is 5.91 Å². The molecule has 1 aromatic carbocycles. The lowest BCUT2D eigenvalue weighted by molar-refractivity contribution is -0.137. The SMILES string of the molecule is N#Cc1ccc(N2CC(C#N)CC2=O)cc1C(F)(F)F. The van der Waals surface area contributed by atoms with E-state index in [2.05, 4.69) is 0 Å². The van der Waals surface area contributed by atoms with Gasteiger partial charge in [-0.05, 0) is 18.2 Å². The summed E-state index contributed by atoms with van der Waals surface area (Å²) in [4.78, 5) is 12.8. The first-order valence-electron chi connectivity index (χ1n) is 5.68. The van der Waals surface area contributed by atoms with Crippen molar-refractivity contribution in [1.29, 1.82) is 10.5 Å². The highest BCUT2D eigenvalue weighted by molar-refractivity contribution is 5.96. The summed E-state index contributed by atoms with van der Waals surface area (Å²) in [6, 6.07) is 6.49. The van der Waals surface area contributed by atoms with E-state index in [4.69, 9.17) is 10.5 Å². The molecule has 102 valence electrons. The Morgan fingerprint density at radius 3 is 2.50 bits per heavy atom. The molecule has 1 aromatic rings. The normalized spacial score (nSPS) is 18.8. The Morgan fingerprint density at radius 2 is 2.00 bits per heavy atom. The van der Waals surface area contributed by atoms with Gasteiger partial charge in [0, 0.05) is 18.7 Å². The molecule has 1 saturated heterocycles. The second-order valence-corrected chi connectivity index (χ2v) is 4.37. The fourth-order valence-electron chi connectivity index (χ4n) is 2.08. The predicted molar refractivity (Wildman–Crippen MR) is 62.2 cm³/mol. The maximum absolute atomic E-state index is 12.8. The molecule has 0 aromatic heterocycles. The minimum atomic E-state index is -4.67.